The Morgan fingerprint density at radius 3 is 2.67 bits per heavy atom. The summed E-state index contributed by atoms with van der Waals surface area (Å²) in [5.41, 5.74) is 1.58. The number of fused-ring (bicyclic) bond motifs is 1. The quantitative estimate of drug-likeness (QED) is 0.905. The number of aliphatic hydroxyl groups is 1. The second-order valence-electron chi connectivity index (χ2n) is 6.91. The predicted octanol–water partition coefficient (Wildman–Crippen LogP) is 2.34. The molecule has 2 aromatic rings. The lowest BCUT2D eigenvalue weighted by molar-refractivity contribution is 0.0952. The summed E-state index contributed by atoms with van der Waals surface area (Å²) < 4.78 is 0. The third kappa shape index (κ3) is 3.08. The Labute approximate surface area is 141 Å². The van der Waals surface area contributed by atoms with Crippen LogP contribution in [-0.4, -0.2) is 41.7 Å². The van der Waals surface area contributed by atoms with Crippen LogP contribution in [0.25, 0.3) is 10.9 Å². The van der Waals surface area contributed by atoms with E-state index in [9.17, 15) is 9.90 Å². The molecular weight excluding hydrogens is 302 g/mol. The third-order valence-electron chi connectivity index (χ3n) is 5.06. The monoisotopic (exact) mass is 325 g/mol. The van der Waals surface area contributed by atoms with Crippen LogP contribution in [0.1, 0.15) is 36.0 Å². The van der Waals surface area contributed by atoms with Crippen LogP contribution < -0.4 is 10.2 Å². The van der Waals surface area contributed by atoms with Gasteiger partial charge < -0.3 is 15.3 Å². The number of aromatic nitrogens is 1. The highest BCUT2D eigenvalue weighted by atomic mass is 16.3. The first-order valence-corrected chi connectivity index (χ1v) is 8.81. The van der Waals surface area contributed by atoms with Crippen molar-refractivity contribution in [3.05, 3.63) is 35.9 Å². The van der Waals surface area contributed by atoms with E-state index >= 15 is 0 Å². The van der Waals surface area contributed by atoms with Gasteiger partial charge in [-0.25, -0.2) is 4.98 Å². The van der Waals surface area contributed by atoms with Crippen LogP contribution in [0.5, 0.6) is 0 Å². The van der Waals surface area contributed by atoms with Gasteiger partial charge in [-0.2, -0.15) is 0 Å². The number of carbonyl (C=O) groups is 1. The molecule has 5 heteroatoms. The molecule has 0 spiro atoms. The zero-order valence-corrected chi connectivity index (χ0v) is 13.7. The van der Waals surface area contributed by atoms with Crippen LogP contribution in [0.3, 0.4) is 0 Å². The molecule has 2 fully saturated rings. The summed E-state index contributed by atoms with van der Waals surface area (Å²) in [6.07, 6.45) is 4.09. The van der Waals surface area contributed by atoms with Crippen molar-refractivity contribution in [1.82, 2.24) is 10.3 Å². The van der Waals surface area contributed by atoms with E-state index < -0.39 is 0 Å². The van der Waals surface area contributed by atoms with Crippen LogP contribution in [0.2, 0.25) is 0 Å². The van der Waals surface area contributed by atoms with E-state index in [0.29, 0.717) is 17.5 Å². The highest BCUT2D eigenvalue weighted by molar-refractivity contribution is 6.07. The van der Waals surface area contributed by atoms with Gasteiger partial charge >= 0.3 is 0 Å². The molecule has 2 aliphatic rings. The van der Waals surface area contributed by atoms with Crippen molar-refractivity contribution in [1.29, 1.82) is 0 Å². The number of rotatable bonds is 4. The molecule has 2 heterocycles. The lowest BCUT2D eigenvalue weighted by Crippen LogP contribution is -2.35. The zero-order chi connectivity index (χ0) is 16.5. The van der Waals surface area contributed by atoms with E-state index in [1.807, 2.05) is 30.3 Å². The second kappa shape index (κ2) is 6.40. The fourth-order valence-corrected chi connectivity index (χ4v) is 3.35. The first-order chi connectivity index (χ1) is 11.7. The van der Waals surface area contributed by atoms with Crippen LogP contribution in [-0.2, 0) is 0 Å². The van der Waals surface area contributed by atoms with Crippen molar-refractivity contribution < 1.29 is 9.90 Å². The molecule has 0 unspecified atom stereocenters. The smallest absolute Gasteiger partial charge is 0.252 e. The topological polar surface area (TPSA) is 65.5 Å². The maximum Gasteiger partial charge on any atom is 0.252 e. The average Bonchev–Trinajstić information content (AvgIpc) is 3.44. The van der Waals surface area contributed by atoms with E-state index in [2.05, 4.69) is 10.2 Å². The second-order valence-corrected chi connectivity index (χ2v) is 6.91. The van der Waals surface area contributed by atoms with Gasteiger partial charge in [-0.15, -0.1) is 0 Å². The van der Waals surface area contributed by atoms with Gasteiger partial charge in [-0.1, -0.05) is 18.2 Å². The Morgan fingerprint density at radius 1 is 1.21 bits per heavy atom. The number of nitrogens with one attached hydrogen (secondary N) is 1. The van der Waals surface area contributed by atoms with Crippen molar-refractivity contribution in [2.75, 3.05) is 24.6 Å². The number of aliphatic hydroxyl groups excluding tert-OH is 1. The van der Waals surface area contributed by atoms with Crippen molar-refractivity contribution in [3.63, 3.8) is 0 Å². The number of para-hydroxylation sites is 1. The van der Waals surface area contributed by atoms with Crippen LogP contribution in [0.4, 0.5) is 5.82 Å². The number of benzene rings is 1. The molecule has 2 N–H and O–H groups in total. The largest absolute Gasteiger partial charge is 0.396 e. The molecule has 126 valence electrons. The van der Waals surface area contributed by atoms with Gasteiger partial charge in [0, 0.05) is 31.1 Å². The molecule has 1 aliphatic heterocycles. The Balaban J connectivity index is 1.67. The highest BCUT2D eigenvalue weighted by Crippen LogP contribution is 2.27. The molecule has 5 nitrogen and oxygen atoms in total. The van der Waals surface area contributed by atoms with E-state index in [4.69, 9.17) is 4.98 Å². The van der Waals surface area contributed by atoms with Gasteiger partial charge in [0.25, 0.3) is 5.91 Å². The van der Waals surface area contributed by atoms with E-state index in [1.54, 1.807) is 0 Å². The maximum atomic E-state index is 12.7. The number of hydrogen-bond acceptors (Lipinski definition) is 4. The summed E-state index contributed by atoms with van der Waals surface area (Å²) in [5.74, 6) is 1.26. The summed E-state index contributed by atoms with van der Waals surface area (Å²) in [6, 6.07) is 10.1. The molecule has 1 aromatic carbocycles. The molecule has 0 atom stereocenters. The Bertz CT molecular complexity index is 749. The summed E-state index contributed by atoms with van der Waals surface area (Å²) in [4.78, 5) is 19.7. The third-order valence-corrected chi connectivity index (χ3v) is 5.06. The Kier molecular flexibility index (Phi) is 4.10. The molecule has 1 aromatic heterocycles. The van der Waals surface area contributed by atoms with E-state index in [-0.39, 0.29) is 12.5 Å². The number of anilines is 1. The van der Waals surface area contributed by atoms with Gasteiger partial charge in [0.15, 0.2) is 0 Å². The van der Waals surface area contributed by atoms with Crippen LogP contribution in [0, 0.1) is 5.92 Å². The zero-order valence-electron chi connectivity index (χ0n) is 13.7. The van der Waals surface area contributed by atoms with Crippen molar-refractivity contribution in [3.8, 4) is 0 Å². The summed E-state index contributed by atoms with van der Waals surface area (Å²) >= 11 is 0. The first kappa shape index (κ1) is 15.4. The molecule has 1 aliphatic carbocycles. The predicted molar refractivity (Wildman–Crippen MR) is 94.3 cm³/mol. The molecule has 1 saturated carbocycles. The molecule has 0 bridgehead atoms. The Hall–Kier alpha value is -2.14. The van der Waals surface area contributed by atoms with Crippen LogP contribution >= 0.6 is 0 Å². The minimum Gasteiger partial charge on any atom is -0.396 e. The van der Waals surface area contributed by atoms with Crippen molar-refractivity contribution in [2.45, 2.75) is 31.7 Å². The van der Waals surface area contributed by atoms with Gasteiger partial charge in [0.2, 0.25) is 0 Å². The summed E-state index contributed by atoms with van der Waals surface area (Å²) in [7, 11) is 0. The van der Waals surface area contributed by atoms with Crippen molar-refractivity contribution >= 4 is 22.6 Å². The van der Waals surface area contributed by atoms with E-state index in [0.717, 1.165) is 55.5 Å². The Morgan fingerprint density at radius 2 is 1.96 bits per heavy atom. The molecule has 4 rings (SSSR count). The standard InChI is InChI=1S/C19H23N3O2/c23-12-13-7-9-22(10-8-13)18-11-16(19(24)20-14-5-6-14)15-3-1-2-4-17(15)21-18/h1-4,11,13-14,23H,5-10,12H2,(H,20,24). The maximum absolute atomic E-state index is 12.7. The molecule has 1 amide bonds. The SMILES string of the molecule is O=C(NC1CC1)c1cc(N2CCC(CO)CC2)nc2ccccc12. The lowest BCUT2D eigenvalue weighted by atomic mass is 9.97. The van der Waals surface area contributed by atoms with Gasteiger partial charge in [-0.05, 0) is 43.7 Å². The lowest BCUT2D eigenvalue weighted by Gasteiger charge is -2.32. The first-order valence-electron chi connectivity index (χ1n) is 8.81. The van der Waals surface area contributed by atoms with Gasteiger partial charge in [0.05, 0.1) is 11.1 Å². The molecular formula is C19H23N3O2. The average molecular weight is 325 g/mol. The van der Waals surface area contributed by atoms with Crippen molar-refractivity contribution in [2.24, 2.45) is 5.92 Å². The van der Waals surface area contributed by atoms with Gasteiger partial charge in [-0.3, -0.25) is 4.79 Å². The highest BCUT2D eigenvalue weighted by Gasteiger charge is 2.26. The molecule has 24 heavy (non-hydrogen) atoms. The number of piperidine rings is 1. The number of hydrogen-bond donors (Lipinski definition) is 2. The summed E-state index contributed by atoms with van der Waals surface area (Å²) in [6.45, 7) is 2.01. The fraction of sp³-hybridized carbons (Fsp3) is 0.474. The molecule has 0 radical (unpaired) electrons. The summed E-state index contributed by atoms with van der Waals surface area (Å²) in [5, 5.41) is 13.3. The van der Waals surface area contributed by atoms with Crippen LogP contribution in [0.15, 0.2) is 30.3 Å². The number of amides is 1. The number of nitrogens with zero attached hydrogens (tertiary/aromatic N) is 2. The number of carbonyl (C=O) groups excluding carboxylic acids is 1. The number of pyridine rings is 1. The minimum absolute atomic E-state index is 0.00240. The molecule has 1 saturated heterocycles. The minimum atomic E-state index is 0.00240. The van der Waals surface area contributed by atoms with E-state index in [1.165, 1.54) is 0 Å². The fourth-order valence-electron chi connectivity index (χ4n) is 3.35. The van der Waals surface area contributed by atoms with Gasteiger partial charge in [0.1, 0.15) is 5.82 Å². The normalized spacial score (nSPS) is 18.8.